The molecule has 0 saturated heterocycles. The molecular weight excluding hydrogens is 242 g/mol. The number of carboxylic acids is 1. The average molecular weight is 265 g/mol. The van der Waals surface area contributed by atoms with Gasteiger partial charge in [-0.2, -0.15) is 0 Å². The summed E-state index contributed by atoms with van der Waals surface area (Å²) in [6.45, 7) is 4.59. The molecular formula is C14H23N3O2. The Morgan fingerprint density at radius 3 is 2.95 bits per heavy atom. The number of aliphatic carboxylic acids is 1. The quantitative estimate of drug-likeness (QED) is 0.752. The van der Waals surface area contributed by atoms with Crippen molar-refractivity contribution >= 4 is 5.97 Å². The Morgan fingerprint density at radius 1 is 1.63 bits per heavy atom. The van der Waals surface area contributed by atoms with Crippen LogP contribution in [0.25, 0.3) is 0 Å². The van der Waals surface area contributed by atoms with Crippen molar-refractivity contribution in [2.45, 2.75) is 64.1 Å². The summed E-state index contributed by atoms with van der Waals surface area (Å²) in [5, 5.41) is 12.7. The Balaban J connectivity index is 1.97. The van der Waals surface area contributed by atoms with Crippen LogP contribution in [0.3, 0.4) is 0 Å². The van der Waals surface area contributed by atoms with Gasteiger partial charge in [-0.15, -0.1) is 0 Å². The minimum atomic E-state index is -0.838. The van der Waals surface area contributed by atoms with E-state index in [0.29, 0.717) is 19.0 Å². The maximum Gasteiger partial charge on any atom is 0.323 e. The van der Waals surface area contributed by atoms with Crippen molar-refractivity contribution in [2.24, 2.45) is 0 Å². The Morgan fingerprint density at radius 2 is 2.37 bits per heavy atom. The Kier molecular flexibility index (Phi) is 4.24. The van der Waals surface area contributed by atoms with Crippen LogP contribution >= 0.6 is 0 Å². The molecule has 1 fully saturated rings. The number of imidazole rings is 1. The molecule has 5 heteroatoms. The lowest BCUT2D eigenvalue weighted by molar-refractivity contribution is -0.144. The molecule has 1 atom stereocenters. The van der Waals surface area contributed by atoms with Gasteiger partial charge in [-0.05, 0) is 32.6 Å². The van der Waals surface area contributed by atoms with Gasteiger partial charge < -0.3 is 9.67 Å². The predicted octanol–water partition coefficient (Wildman–Crippen LogP) is 1.82. The van der Waals surface area contributed by atoms with Crippen molar-refractivity contribution in [3.63, 3.8) is 0 Å². The van der Waals surface area contributed by atoms with Crippen LogP contribution in [0, 0.1) is 0 Å². The summed E-state index contributed by atoms with van der Waals surface area (Å²) in [6, 6.07) is 0.388. The summed E-state index contributed by atoms with van der Waals surface area (Å²) in [7, 11) is 0. The number of rotatable bonds is 8. The van der Waals surface area contributed by atoms with Gasteiger partial charge in [0.25, 0.3) is 0 Å². The van der Waals surface area contributed by atoms with Gasteiger partial charge in [0.15, 0.2) is 0 Å². The van der Waals surface area contributed by atoms with Crippen LogP contribution < -0.4 is 5.32 Å². The molecule has 0 aromatic carbocycles. The first-order chi connectivity index (χ1) is 9.05. The fourth-order valence-electron chi connectivity index (χ4n) is 2.26. The normalized spacial score (nSPS) is 18.2. The smallest absolute Gasteiger partial charge is 0.323 e. The highest BCUT2D eigenvalue weighted by Crippen LogP contribution is 2.24. The molecule has 0 aliphatic heterocycles. The van der Waals surface area contributed by atoms with E-state index in [0.717, 1.165) is 31.5 Å². The monoisotopic (exact) mass is 265 g/mol. The Bertz CT molecular complexity index is 440. The van der Waals surface area contributed by atoms with Crippen LogP contribution in [-0.4, -0.2) is 32.2 Å². The second-order valence-corrected chi connectivity index (χ2v) is 5.59. The van der Waals surface area contributed by atoms with Crippen molar-refractivity contribution in [1.29, 1.82) is 0 Å². The van der Waals surface area contributed by atoms with E-state index in [2.05, 4.69) is 21.8 Å². The lowest BCUT2D eigenvalue weighted by Crippen LogP contribution is -2.51. The maximum absolute atomic E-state index is 11.5. The summed E-state index contributed by atoms with van der Waals surface area (Å²) in [6.07, 6.45) is 8.47. The van der Waals surface area contributed by atoms with E-state index in [9.17, 15) is 9.90 Å². The SMILES string of the molecule is CCCc1nccn1CCC(C)(NC1CC1)C(=O)O. The topological polar surface area (TPSA) is 67.2 Å². The first-order valence-corrected chi connectivity index (χ1v) is 7.06. The highest BCUT2D eigenvalue weighted by atomic mass is 16.4. The third-order valence-corrected chi connectivity index (χ3v) is 3.70. The Labute approximate surface area is 114 Å². The molecule has 1 aliphatic rings. The number of carbonyl (C=O) groups is 1. The summed E-state index contributed by atoms with van der Waals surface area (Å²) in [4.78, 5) is 15.8. The standard InChI is InChI=1S/C14H23N3O2/c1-3-4-12-15-8-10-17(12)9-7-14(2,13(18)19)16-11-5-6-11/h8,10-11,16H,3-7,9H2,1-2H3,(H,18,19). The molecule has 1 aromatic rings. The van der Waals surface area contributed by atoms with Gasteiger partial charge in [-0.3, -0.25) is 10.1 Å². The first-order valence-electron chi connectivity index (χ1n) is 7.06. The van der Waals surface area contributed by atoms with Crippen molar-refractivity contribution in [2.75, 3.05) is 0 Å². The number of carboxylic acid groups (broad SMARTS) is 1. The second-order valence-electron chi connectivity index (χ2n) is 5.59. The number of nitrogens with one attached hydrogen (secondary N) is 1. The number of hydrogen-bond acceptors (Lipinski definition) is 3. The van der Waals surface area contributed by atoms with Crippen LogP contribution in [0.5, 0.6) is 0 Å². The van der Waals surface area contributed by atoms with Crippen molar-refractivity contribution in [3.05, 3.63) is 18.2 Å². The van der Waals surface area contributed by atoms with E-state index in [1.54, 1.807) is 13.1 Å². The maximum atomic E-state index is 11.5. The molecule has 1 aromatic heterocycles. The van der Waals surface area contributed by atoms with Crippen LogP contribution in [0.1, 0.15) is 45.4 Å². The fraction of sp³-hybridized carbons (Fsp3) is 0.714. The van der Waals surface area contributed by atoms with Crippen molar-refractivity contribution < 1.29 is 9.90 Å². The summed E-state index contributed by atoms with van der Waals surface area (Å²) < 4.78 is 2.07. The third-order valence-electron chi connectivity index (χ3n) is 3.70. The molecule has 5 nitrogen and oxygen atoms in total. The number of hydrogen-bond donors (Lipinski definition) is 2. The molecule has 0 amide bonds. The van der Waals surface area contributed by atoms with E-state index in [1.165, 1.54) is 0 Å². The van der Waals surface area contributed by atoms with Crippen molar-refractivity contribution in [1.82, 2.24) is 14.9 Å². The molecule has 1 unspecified atom stereocenters. The van der Waals surface area contributed by atoms with E-state index in [-0.39, 0.29) is 0 Å². The number of aromatic nitrogens is 2. The minimum absolute atomic E-state index is 0.388. The van der Waals surface area contributed by atoms with E-state index < -0.39 is 11.5 Å². The highest BCUT2D eigenvalue weighted by Gasteiger charge is 2.38. The molecule has 0 radical (unpaired) electrons. The van der Waals surface area contributed by atoms with Crippen LogP contribution in [0.2, 0.25) is 0 Å². The number of aryl methyl sites for hydroxylation is 2. The zero-order valence-corrected chi connectivity index (χ0v) is 11.7. The molecule has 1 aliphatic carbocycles. The van der Waals surface area contributed by atoms with E-state index in [4.69, 9.17) is 0 Å². The van der Waals surface area contributed by atoms with Crippen LogP contribution in [0.4, 0.5) is 0 Å². The fourth-order valence-corrected chi connectivity index (χ4v) is 2.26. The lowest BCUT2D eigenvalue weighted by Gasteiger charge is -2.26. The van der Waals surface area contributed by atoms with Gasteiger partial charge in [0.05, 0.1) is 0 Å². The average Bonchev–Trinajstić information content (AvgIpc) is 3.05. The minimum Gasteiger partial charge on any atom is -0.480 e. The molecule has 0 spiro atoms. The molecule has 1 heterocycles. The second kappa shape index (κ2) is 5.74. The summed E-state index contributed by atoms with van der Waals surface area (Å²) in [5.41, 5.74) is -0.838. The first kappa shape index (κ1) is 14.1. The van der Waals surface area contributed by atoms with E-state index >= 15 is 0 Å². The molecule has 1 saturated carbocycles. The Hall–Kier alpha value is -1.36. The van der Waals surface area contributed by atoms with E-state index in [1.807, 2.05) is 6.20 Å². The molecule has 19 heavy (non-hydrogen) atoms. The third kappa shape index (κ3) is 3.56. The van der Waals surface area contributed by atoms with Gasteiger partial charge in [-0.25, -0.2) is 4.98 Å². The largest absolute Gasteiger partial charge is 0.480 e. The van der Waals surface area contributed by atoms with Gasteiger partial charge >= 0.3 is 5.97 Å². The van der Waals surface area contributed by atoms with Crippen LogP contribution in [-0.2, 0) is 17.8 Å². The number of nitrogens with zero attached hydrogens (tertiary/aromatic N) is 2. The zero-order chi connectivity index (χ0) is 13.9. The van der Waals surface area contributed by atoms with Gasteiger partial charge in [0, 0.05) is 31.4 Å². The summed E-state index contributed by atoms with van der Waals surface area (Å²) >= 11 is 0. The highest BCUT2D eigenvalue weighted by molar-refractivity contribution is 5.78. The molecule has 2 rings (SSSR count). The van der Waals surface area contributed by atoms with Crippen LogP contribution in [0.15, 0.2) is 12.4 Å². The van der Waals surface area contributed by atoms with Gasteiger partial charge in [0.2, 0.25) is 0 Å². The van der Waals surface area contributed by atoms with Crippen molar-refractivity contribution in [3.8, 4) is 0 Å². The predicted molar refractivity (Wildman–Crippen MR) is 73.0 cm³/mol. The lowest BCUT2D eigenvalue weighted by atomic mass is 9.97. The molecule has 106 valence electrons. The van der Waals surface area contributed by atoms with Gasteiger partial charge in [0.1, 0.15) is 11.4 Å². The molecule has 0 bridgehead atoms. The zero-order valence-electron chi connectivity index (χ0n) is 11.7. The molecule has 2 N–H and O–H groups in total. The van der Waals surface area contributed by atoms with Gasteiger partial charge in [-0.1, -0.05) is 6.92 Å². The summed E-state index contributed by atoms with van der Waals surface area (Å²) in [5.74, 6) is 0.276.